The second-order valence-corrected chi connectivity index (χ2v) is 14.3. The van der Waals surface area contributed by atoms with Crippen molar-refractivity contribution >= 4 is 20.1 Å². The fraction of sp³-hybridized carbons (Fsp3) is 0.826. The first kappa shape index (κ1) is 25.1. The molecule has 1 aliphatic carbocycles. The van der Waals surface area contributed by atoms with Crippen molar-refractivity contribution in [1.82, 2.24) is 0 Å². The maximum atomic E-state index is 12.8. The molecule has 162 valence electrons. The fourth-order valence-corrected chi connectivity index (χ4v) is 4.80. The second kappa shape index (κ2) is 11.3. The van der Waals surface area contributed by atoms with Gasteiger partial charge in [0.1, 0.15) is 5.78 Å². The van der Waals surface area contributed by atoms with Crippen LogP contribution in [0.2, 0.25) is 18.1 Å². The van der Waals surface area contributed by atoms with Gasteiger partial charge in [0.2, 0.25) is 0 Å². The molecule has 0 aliphatic heterocycles. The lowest BCUT2D eigenvalue weighted by molar-refractivity contribution is -0.144. The number of carbonyl (C=O) groups excluding carboxylic acids is 2. The average Bonchev–Trinajstić information content (AvgIpc) is 2.93. The van der Waals surface area contributed by atoms with Gasteiger partial charge in [-0.1, -0.05) is 52.7 Å². The van der Waals surface area contributed by atoms with E-state index in [0.717, 1.165) is 19.3 Å². The quantitative estimate of drug-likeness (QED) is 0.180. The van der Waals surface area contributed by atoms with Crippen LogP contribution in [0.5, 0.6) is 0 Å². The zero-order chi connectivity index (χ0) is 21.4. The lowest BCUT2D eigenvalue weighted by Gasteiger charge is -2.40. The summed E-state index contributed by atoms with van der Waals surface area (Å²) in [6.07, 6.45) is 10.2. The summed E-state index contributed by atoms with van der Waals surface area (Å²) in [4.78, 5) is 24.9. The van der Waals surface area contributed by atoms with E-state index in [2.05, 4.69) is 52.9 Å². The summed E-state index contributed by atoms with van der Waals surface area (Å²) >= 11 is 0. The number of unbranched alkanes of at least 4 members (excludes halogenated alkanes) is 3. The van der Waals surface area contributed by atoms with E-state index in [1.54, 1.807) is 0 Å². The molecule has 3 atom stereocenters. The fourth-order valence-electron chi connectivity index (χ4n) is 3.54. The second-order valence-electron chi connectivity index (χ2n) is 9.57. The molecule has 0 radical (unpaired) electrons. The third-order valence-electron chi connectivity index (χ3n) is 6.27. The number of rotatable bonds is 11. The topological polar surface area (TPSA) is 52.6 Å². The summed E-state index contributed by atoms with van der Waals surface area (Å²) in [6, 6.07) is 0. The van der Waals surface area contributed by atoms with E-state index in [4.69, 9.17) is 9.16 Å². The molecule has 0 aromatic heterocycles. The molecule has 0 saturated heterocycles. The highest BCUT2D eigenvalue weighted by molar-refractivity contribution is 6.74. The average molecular weight is 411 g/mol. The molecule has 0 heterocycles. The van der Waals surface area contributed by atoms with Crippen LogP contribution in [0.4, 0.5) is 0 Å². The Kier molecular flexibility index (Phi) is 10.1. The van der Waals surface area contributed by atoms with E-state index in [1.807, 2.05) is 6.92 Å². The summed E-state index contributed by atoms with van der Waals surface area (Å²) in [5.74, 6) is -0.191. The monoisotopic (exact) mass is 410 g/mol. The van der Waals surface area contributed by atoms with Gasteiger partial charge in [-0.15, -0.1) is 0 Å². The van der Waals surface area contributed by atoms with Crippen molar-refractivity contribution in [1.29, 1.82) is 0 Å². The van der Waals surface area contributed by atoms with Gasteiger partial charge in [0, 0.05) is 18.8 Å². The molecule has 1 saturated carbocycles. The van der Waals surface area contributed by atoms with E-state index < -0.39 is 8.32 Å². The summed E-state index contributed by atoms with van der Waals surface area (Å²) in [5.41, 5.74) is 0. The molecule has 0 bridgehead atoms. The number of allylic oxidation sites excluding steroid dienone is 1. The molecular formula is C23H42O4Si. The van der Waals surface area contributed by atoms with Crippen LogP contribution in [0, 0.1) is 11.8 Å². The highest BCUT2D eigenvalue weighted by Gasteiger charge is 2.45. The molecule has 0 N–H and O–H groups in total. The Labute approximate surface area is 173 Å². The Morgan fingerprint density at radius 2 is 1.93 bits per heavy atom. The van der Waals surface area contributed by atoms with Crippen molar-refractivity contribution in [3.05, 3.63) is 12.2 Å². The van der Waals surface area contributed by atoms with Crippen molar-refractivity contribution in [3.8, 4) is 0 Å². The predicted octanol–water partition coefficient (Wildman–Crippen LogP) is 6.06. The summed E-state index contributed by atoms with van der Waals surface area (Å²) < 4.78 is 11.9. The van der Waals surface area contributed by atoms with Crippen LogP contribution in [-0.4, -0.2) is 32.8 Å². The lowest BCUT2D eigenvalue weighted by Crippen LogP contribution is -2.47. The highest BCUT2D eigenvalue weighted by Crippen LogP contribution is 2.42. The summed E-state index contributed by atoms with van der Waals surface area (Å²) in [6.45, 7) is 15.5. The SMILES string of the molecule is CCCCC/C=C/[C@@H](O[Si](C)(C)C(C)(C)C)[C@H]1C(=O)CC[C@@H]1CC(=O)OCC. The molecule has 0 aromatic rings. The Balaban J connectivity index is 3.02. The van der Waals surface area contributed by atoms with E-state index in [-0.39, 0.29) is 34.7 Å². The zero-order valence-corrected chi connectivity index (χ0v) is 20.2. The van der Waals surface area contributed by atoms with Crippen LogP contribution in [0.15, 0.2) is 12.2 Å². The van der Waals surface area contributed by atoms with Gasteiger partial charge in [-0.05, 0) is 50.2 Å². The highest BCUT2D eigenvalue weighted by atomic mass is 28.4. The van der Waals surface area contributed by atoms with Crippen LogP contribution in [-0.2, 0) is 18.8 Å². The number of hydrogen-bond acceptors (Lipinski definition) is 4. The Morgan fingerprint density at radius 1 is 1.25 bits per heavy atom. The Morgan fingerprint density at radius 3 is 2.50 bits per heavy atom. The maximum absolute atomic E-state index is 12.8. The first-order chi connectivity index (χ1) is 13.0. The Hall–Kier alpha value is -0.943. The molecular weight excluding hydrogens is 368 g/mol. The zero-order valence-electron chi connectivity index (χ0n) is 19.2. The minimum atomic E-state index is -2.04. The standard InChI is InChI=1S/C23H42O4Si/c1-8-10-11-12-13-14-20(27-28(6,7)23(3,4)5)22-18(15-16-19(22)24)17-21(25)26-9-2/h13-14,18,20,22H,8-12,15-17H2,1-7H3/b14-13+/t18-,20-,22-/m1/s1. The van der Waals surface area contributed by atoms with E-state index in [9.17, 15) is 9.59 Å². The van der Waals surface area contributed by atoms with Gasteiger partial charge in [0.05, 0.1) is 12.7 Å². The van der Waals surface area contributed by atoms with Crippen LogP contribution in [0.25, 0.3) is 0 Å². The van der Waals surface area contributed by atoms with Gasteiger partial charge >= 0.3 is 5.97 Å². The number of hydrogen-bond donors (Lipinski definition) is 0. The van der Waals surface area contributed by atoms with Crippen molar-refractivity contribution in [2.45, 2.75) is 104 Å². The molecule has 5 heteroatoms. The van der Waals surface area contributed by atoms with Gasteiger partial charge < -0.3 is 9.16 Å². The molecule has 28 heavy (non-hydrogen) atoms. The Bertz CT molecular complexity index is 533. The number of carbonyl (C=O) groups is 2. The first-order valence-electron chi connectivity index (χ1n) is 11.1. The summed E-state index contributed by atoms with van der Waals surface area (Å²) in [7, 11) is -2.04. The number of esters is 1. The third-order valence-corrected chi connectivity index (χ3v) is 10.7. The number of ketones is 1. The molecule has 1 aliphatic rings. The van der Waals surface area contributed by atoms with Crippen molar-refractivity contribution in [2.75, 3.05) is 6.61 Å². The molecule has 0 aromatic carbocycles. The van der Waals surface area contributed by atoms with E-state index >= 15 is 0 Å². The minimum absolute atomic E-state index is 0.0154. The molecule has 0 amide bonds. The smallest absolute Gasteiger partial charge is 0.306 e. The van der Waals surface area contributed by atoms with Crippen LogP contribution < -0.4 is 0 Å². The van der Waals surface area contributed by atoms with Gasteiger partial charge in [-0.3, -0.25) is 9.59 Å². The van der Waals surface area contributed by atoms with E-state index in [1.165, 1.54) is 12.8 Å². The molecule has 1 fully saturated rings. The van der Waals surface area contributed by atoms with Crippen LogP contribution in [0.3, 0.4) is 0 Å². The molecule has 4 nitrogen and oxygen atoms in total. The normalized spacial score (nSPS) is 22.0. The van der Waals surface area contributed by atoms with E-state index in [0.29, 0.717) is 19.4 Å². The number of ether oxygens (including phenoxy) is 1. The lowest BCUT2D eigenvalue weighted by atomic mass is 9.87. The van der Waals surface area contributed by atoms with Gasteiger partial charge in [0.15, 0.2) is 8.32 Å². The largest absolute Gasteiger partial charge is 0.466 e. The van der Waals surface area contributed by atoms with Gasteiger partial charge in [-0.2, -0.15) is 0 Å². The predicted molar refractivity (Wildman–Crippen MR) is 118 cm³/mol. The van der Waals surface area contributed by atoms with Crippen LogP contribution in [0.1, 0.15) is 79.6 Å². The van der Waals surface area contributed by atoms with Crippen molar-refractivity contribution in [2.24, 2.45) is 11.8 Å². The van der Waals surface area contributed by atoms with Gasteiger partial charge in [0.25, 0.3) is 0 Å². The third kappa shape index (κ3) is 7.47. The van der Waals surface area contributed by atoms with Crippen molar-refractivity contribution in [3.63, 3.8) is 0 Å². The molecule has 0 unspecified atom stereocenters. The minimum Gasteiger partial charge on any atom is -0.466 e. The summed E-state index contributed by atoms with van der Waals surface area (Å²) in [5, 5.41) is 0.0690. The first-order valence-corrected chi connectivity index (χ1v) is 14.0. The van der Waals surface area contributed by atoms with Crippen molar-refractivity contribution < 1.29 is 18.8 Å². The molecule has 0 spiro atoms. The van der Waals surface area contributed by atoms with Crippen LogP contribution >= 0.6 is 0 Å². The van der Waals surface area contributed by atoms with Gasteiger partial charge in [-0.25, -0.2) is 0 Å². The maximum Gasteiger partial charge on any atom is 0.306 e. The number of Topliss-reactive ketones (excluding diaryl/α,β-unsaturated/α-hetero) is 1. The molecule has 1 rings (SSSR count).